The topological polar surface area (TPSA) is 20.2 Å². The number of aliphatic hydroxyl groups is 1. The molecule has 0 saturated heterocycles. The summed E-state index contributed by atoms with van der Waals surface area (Å²) in [6.07, 6.45) is 3.98. The molecule has 1 nitrogen and oxygen atoms in total. The van der Waals surface area contributed by atoms with Gasteiger partial charge in [-0.15, -0.1) is 0 Å². The summed E-state index contributed by atoms with van der Waals surface area (Å²) < 4.78 is 0. The Balaban J connectivity index is 2.10. The summed E-state index contributed by atoms with van der Waals surface area (Å²) in [5.74, 6) is 0.575. The summed E-state index contributed by atoms with van der Waals surface area (Å²) in [5.41, 5.74) is 1.38. The van der Waals surface area contributed by atoms with Crippen molar-refractivity contribution in [2.24, 2.45) is 0 Å². The number of hydrogen-bond donors (Lipinski definition) is 2. The first-order chi connectivity index (χ1) is 6.83. The SMILES string of the molecule is OC(CS)CCCCc1ccccc1. The molecule has 0 aliphatic carbocycles. The molecule has 1 N–H and O–H groups in total. The molecule has 1 atom stereocenters. The van der Waals surface area contributed by atoms with Gasteiger partial charge in [-0.1, -0.05) is 36.8 Å². The van der Waals surface area contributed by atoms with Crippen LogP contribution in [0.15, 0.2) is 30.3 Å². The number of rotatable bonds is 6. The first-order valence-corrected chi connectivity index (χ1v) is 5.79. The highest BCUT2D eigenvalue weighted by Crippen LogP contribution is 2.08. The molecule has 0 saturated carbocycles. The van der Waals surface area contributed by atoms with Crippen LogP contribution >= 0.6 is 12.6 Å². The lowest BCUT2D eigenvalue weighted by Crippen LogP contribution is -2.07. The van der Waals surface area contributed by atoms with Crippen LogP contribution in [-0.2, 0) is 6.42 Å². The summed E-state index contributed by atoms with van der Waals surface area (Å²) in [4.78, 5) is 0. The molecular weight excluding hydrogens is 192 g/mol. The van der Waals surface area contributed by atoms with Crippen molar-refractivity contribution in [2.45, 2.75) is 31.8 Å². The molecule has 1 aromatic rings. The van der Waals surface area contributed by atoms with Crippen molar-refractivity contribution in [1.82, 2.24) is 0 Å². The Kier molecular flexibility index (Phi) is 5.72. The van der Waals surface area contributed by atoms with Gasteiger partial charge in [0.1, 0.15) is 0 Å². The Morgan fingerprint density at radius 3 is 2.50 bits per heavy atom. The predicted octanol–water partition coefficient (Wildman–Crippen LogP) is 2.69. The van der Waals surface area contributed by atoms with E-state index in [0.29, 0.717) is 5.75 Å². The van der Waals surface area contributed by atoms with Gasteiger partial charge in [-0.05, 0) is 24.8 Å². The fourth-order valence-electron chi connectivity index (χ4n) is 1.45. The smallest absolute Gasteiger partial charge is 0.0628 e. The number of aryl methyl sites for hydroxylation is 1. The molecule has 1 aromatic carbocycles. The first-order valence-electron chi connectivity index (χ1n) is 5.16. The van der Waals surface area contributed by atoms with Gasteiger partial charge in [0.15, 0.2) is 0 Å². The lowest BCUT2D eigenvalue weighted by molar-refractivity contribution is 0.185. The lowest BCUT2D eigenvalue weighted by atomic mass is 10.1. The van der Waals surface area contributed by atoms with Crippen molar-refractivity contribution in [3.8, 4) is 0 Å². The van der Waals surface area contributed by atoms with E-state index in [1.807, 2.05) is 6.07 Å². The van der Waals surface area contributed by atoms with E-state index in [0.717, 1.165) is 25.7 Å². The molecule has 1 rings (SSSR count). The van der Waals surface area contributed by atoms with Crippen LogP contribution in [0, 0.1) is 0 Å². The van der Waals surface area contributed by atoms with Crippen molar-refractivity contribution < 1.29 is 5.11 Å². The minimum absolute atomic E-state index is 0.228. The molecule has 2 heteroatoms. The molecule has 1 unspecified atom stereocenters. The second-order valence-electron chi connectivity index (χ2n) is 3.57. The molecular formula is C12H18OS. The van der Waals surface area contributed by atoms with Gasteiger partial charge in [-0.2, -0.15) is 12.6 Å². The average molecular weight is 210 g/mol. The van der Waals surface area contributed by atoms with Gasteiger partial charge in [0.05, 0.1) is 6.10 Å². The van der Waals surface area contributed by atoms with Crippen molar-refractivity contribution in [2.75, 3.05) is 5.75 Å². The number of unbranched alkanes of at least 4 members (excludes halogenated alkanes) is 1. The van der Waals surface area contributed by atoms with E-state index in [-0.39, 0.29) is 6.10 Å². The molecule has 0 amide bonds. The second-order valence-corrected chi connectivity index (χ2v) is 3.93. The molecule has 14 heavy (non-hydrogen) atoms. The largest absolute Gasteiger partial charge is 0.392 e. The second kappa shape index (κ2) is 6.91. The zero-order chi connectivity index (χ0) is 10.2. The Morgan fingerprint density at radius 1 is 1.14 bits per heavy atom. The minimum atomic E-state index is -0.228. The molecule has 0 radical (unpaired) electrons. The van der Waals surface area contributed by atoms with Gasteiger partial charge in [0.2, 0.25) is 0 Å². The van der Waals surface area contributed by atoms with Crippen LogP contribution in [-0.4, -0.2) is 17.0 Å². The van der Waals surface area contributed by atoms with Gasteiger partial charge >= 0.3 is 0 Å². The fourth-order valence-corrected chi connectivity index (χ4v) is 1.63. The van der Waals surface area contributed by atoms with Crippen LogP contribution < -0.4 is 0 Å². The van der Waals surface area contributed by atoms with Crippen LogP contribution in [0.2, 0.25) is 0 Å². The molecule has 0 fully saturated rings. The molecule has 0 spiro atoms. The quantitative estimate of drug-likeness (QED) is 0.546. The number of thiol groups is 1. The Hall–Kier alpha value is -0.470. The summed E-state index contributed by atoms with van der Waals surface area (Å²) in [5, 5.41) is 9.28. The lowest BCUT2D eigenvalue weighted by Gasteiger charge is -2.06. The van der Waals surface area contributed by atoms with Gasteiger partial charge in [-0.25, -0.2) is 0 Å². The van der Waals surface area contributed by atoms with Crippen LogP contribution in [0.3, 0.4) is 0 Å². The van der Waals surface area contributed by atoms with Crippen LogP contribution in [0.1, 0.15) is 24.8 Å². The Bertz CT molecular complexity index is 235. The maximum Gasteiger partial charge on any atom is 0.0628 e. The van der Waals surface area contributed by atoms with Crippen molar-refractivity contribution in [1.29, 1.82) is 0 Å². The van der Waals surface area contributed by atoms with E-state index in [9.17, 15) is 5.11 Å². The normalized spacial score (nSPS) is 12.7. The van der Waals surface area contributed by atoms with Crippen LogP contribution in [0.5, 0.6) is 0 Å². The number of hydrogen-bond acceptors (Lipinski definition) is 2. The van der Waals surface area contributed by atoms with Crippen LogP contribution in [0.4, 0.5) is 0 Å². The molecule has 0 aliphatic rings. The highest BCUT2D eigenvalue weighted by atomic mass is 32.1. The summed E-state index contributed by atoms with van der Waals surface area (Å²) in [7, 11) is 0. The van der Waals surface area contributed by atoms with Crippen molar-refractivity contribution in [3.63, 3.8) is 0 Å². The van der Waals surface area contributed by atoms with E-state index in [4.69, 9.17) is 0 Å². The van der Waals surface area contributed by atoms with E-state index in [1.54, 1.807) is 0 Å². The number of aliphatic hydroxyl groups excluding tert-OH is 1. The van der Waals surface area contributed by atoms with E-state index < -0.39 is 0 Å². The zero-order valence-electron chi connectivity index (χ0n) is 8.39. The van der Waals surface area contributed by atoms with Crippen LogP contribution in [0.25, 0.3) is 0 Å². The van der Waals surface area contributed by atoms with Gasteiger partial charge in [0.25, 0.3) is 0 Å². The van der Waals surface area contributed by atoms with Gasteiger partial charge in [-0.3, -0.25) is 0 Å². The van der Waals surface area contributed by atoms with E-state index in [1.165, 1.54) is 5.56 Å². The van der Waals surface area contributed by atoms with Gasteiger partial charge in [0, 0.05) is 5.75 Å². The van der Waals surface area contributed by atoms with E-state index in [2.05, 4.69) is 36.9 Å². The molecule has 78 valence electrons. The zero-order valence-corrected chi connectivity index (χ0v) is 9.29. The Labute approximate surface area is 91.6 Å². The predicted molar refractivity (Wildman–Crippen MR) is 63.9 cm³/mol. The number of benzene rings is 1. The third-order valence-corrected chi connectivity index (χ3v) is 2.73. The first kappa shape index (κ1) is 11.6. The molecule has 0 bridgehead atoms. The third-order valence-electron chi connectivity index (χ3n) is 2.31. The standard InChI is InChI=1S/C12H18OS/c13-12(10-14)9-5-4-8-11-6-2-1-3-7-11/h1-3,6-7,12-14H,4-5,8-10H2. The maximum absolute atomic E-state index is 9.28. The van der Waals surface area contributed by atoms with E-state index >= 15 is 0 Å². The molecule has 0 aliphatic heterocycles. The average Bonchev–Trinajstić information content (AvgIpc) is 2.25. The minimum Gasteiger partial charge on any atom is -0.392 e. The molecule has 0 heterocycles. The maximum atomic E-state index is 9.28. The Morgan fingerprint density at radius 2 is 1.86 bits per heavy atom. The van der Waals surface area contributed by atoms with Crippen molar-refractivity contribution in [3.05, 3.63) is 35.9 Å². The van der Waals surface area contributed by atoms with Gasteiger partial charge < -0.3 is 5.11 Å². The summed E-state index contributed by atoms with van der Waals surface area (Å²) in [6, 6.07) is 10.5. The highest BCUT2D eigenvalue weighted by molar-refractivity contribution is 7.80. The highest BCUT2D eigenvalue weighted by Gasteiger charge is 2.00. The third kappa shape index (κ3) is 4.68. The fraction of sp³-hybridized carbons (Fsp3) is 0.500. The van der Waals surface area contributed by atoms with Crippen molar-refractivity contribution >= 4 is 12.6 Å². The summed E-state index contributed by atoms with van der Waals surface area (Å²) >= 11 is 4.04. The molecule has 0 aromatic heterocycles. The monoisotopic (exact) mass is 210 g/mol. The summed E-state index contributed by atoms with van der Waals surface area (Å²) in [6.45, 7) is 0.